The maximum Gasteiger partial charge on any atom is 0.371 e. The van der Waals surface area contributed by atoms with E-state index in [0.717, 1.165) is 30.1 Å². The highest BCUT2D eigenvalue weighted by molar-refractivity contribution is 7.16. The van der Waals surface area contributed by atoms with E-state index in [1.54, 1.807) is 13.0 Å². The Labute approximate surface area is 136 Å². The molecule has 1 aliphatic carbocycles. The van der Waals surface area contributed by atoms with E-state index in [1.165, 1.54) is 21.9 Å². The maximum atomic E-state index is 14.1. The predicted octanol–water partition coefficient (Wildman–Crippen LogP) is 2.37. The zero-order valence-corrected chi connectivity index (χ0v) is 13.8. The second-order valence-corrected chi connectivity index (χ2v) is 7.15. The molecule has 1 aliphatic heterocycles. The van der Waals surface area contributed by atoms with Crippen LogP contribution in [-0.2, 0) is 0 Å². The van der Waals surface area contributed by atoms with Gasteiger partial charge in [0.1, 0.15) is 17.1 Å². The van der Waals surface area contributed by atoms with Crippen molar-refractivity contribution in [1.82, 2.24) is 14.9 Å². The smallest absolute Gasteiger partial charge is 0.308 e. The molecule has 0 spiro atoms. The lowest BCUT2D eigenvalue weighted by molar-refractivity contribution is -0.362. The van der Waals surface area contributed by atoms with Crippen LogP contribution in [0.1, 0.15) is 54.9 Å². The first kappa shape index (κ1) is 14.7. The van der Waals surface area contributed by atoms with Crippen LogP contribution in [-0.4, -0.2) is 16.2 Å². The summed E-state index contributed by atoms with van der Waals surface area (Å²) >= 11 is 1.49. The molecule has 0 bridgehead atoms. The molecule has 120 valence electrons. The van der Waals surface area contributed by atoms with Crippen molar-refractivity contribution in [2.24, 2.45) is 0 Å². The molecule has 1 fully saturated rings. The maximum absolute atomic E-state index is 14.1. The fourth-order valence-electron chi connectivity index (χ4n) is 3.23. The van der Waals surface area contributed by atoms with E-state index in [2.05, 4.69) is 15.4 Å². The van der Waals surface area contributed by atoms with Crippen molar-refractivity contribution in [3.63, 3.8) is 0 Å². The van der Waals surface area contributed by atoms with E-state index in [4.69, 9.17) is 0 Å². The Kier molecular flexibility index (Phi) is 3.42. The standard InChI is InChI=1S/C16H17FN4OS/c1-8-5-6-10(17)9(2)12-13(8)19-16-21(15(12)22)20-14(23-16)11-4-3-7-18-11/h5-6,8,11,18H,3-4,7H2,1-2H3/p+1/t8-,11+/m0/s1. The lowest BCUT2D eigenvalue weighted by atomic mass is 10.0. The van der Waals surface area contributed by atoms with Gasteiger partial charge in [-0.15, -0.1) is 0 Å². The van der Waals surface area contributed by atoms with Crippen molar-refractivity contribution >= 4 is 21.9 Å². The van der Waals surface area contributed by atoms with Crippen molar-refractivity contribution < 1.29 is 9.37 Å². The van der Waals surface area contributed by atoms with Gasteiger partial charge in [0.2, 0.25) is 0 Å². The summed E-state index contributed by atoms with van der Waals surface area (Å²) in [6.45, 7) is 4.57. The molecule has 0 saturated carbocycles. The zero-order valence-electron chi connectivity index (χ0n) is 13.0. The largest absolute Gasteiger partial charge is 0.371 e. The van der Waals surface area contributed by atoms with Gasteiger partial charge >= 0.3 is 10.5 Å². The molecule has 7 heteroatoms. The number of H-pyrrole nitrogens is 1. The first-order valence-electron chi connectivity index (χ1n) is 7.83. The van der Waals surface area contributed by atoms with Gasteiger partial charge in [-0.05, 0) is 48.2 Å². The van der Waals surface area contributed by atoms with Crippen LogP contribution in [0.25, 0.3) is 10.5 Å². The van der Waals surface area contributed by atoms with Crippen LogP contribution in [0.15, 0.2) is 22.8 Å². The number of fused-ring (bicyclic) bond motifs is 2. The molecule has 2 aliphatic rings. The van der Waals surface area contributed by atoms with Gasteiger partial charge in [0.15, 0.2) is 5.01 Å². The first-order valence-corrected chi connectivity index (χ1v) is 8.65. The summed E-state index contributed by atoms with van der Waals surface area (Å²) in [5.41, 5.74) is 1.27. The van der Waals surface area contributed by atoms with Crippen molar-refractivity contribution in [3.05, 3.63) is 44.6 Å². The Bertz CT molecular complexity index is 905. The number of nitrogens with one attached hydrogen (secondary N) is 2. The van der Waals surface area contributed by atoms with Gasteiger partial charge in [-0.3, -0.25) is 0 Å². The molecule has 3 heterocycles. The molecule has 0 aromatic carbocycles. The Morgan fingerprint density at radius 2 is 2.35 bits per heavy atom. The molecule has 2 N–H and O–H groups in total. The summed E-state index contributed by atoms with van der Waals surface area (Å²) in [4.78, 5) is 16.9. The molecule has 0 radical (unpaired) electrons. The van der Waals surface area contributed by atoms with Gasteiger partial charge in [0.05, 0.1) is 6.04 Å². The van der Waals surface area contributed by atoms with Crippen LogP contribution in [0.3, 0.4) is 0 Å². The van der Waals surface area contributed by atoms with Crippen LogP contribution < -0.4 is 15.9 Å². The lowest BCUT2D eigenvalue weighted by Gasteiger charge is -2.05. The van der Waals surface area contributed by atoms with Gasteiger partial charge in [-0.1, -0.05) is 18.1 Å². The molecule has 2 aromatic rings. The van der Waals surface area contributed by atoms with Crippen molar-refractivity contribution in [1.29, 1.82) is 0 Å². The second kappa shape index (κ2) is 5.35. The summed E-state index contributed by atoms with van der Waals surface area (Å²) in [6, 6.07) is 0.207. The Balaban J connectivity index is 1.97. The number of aromatic nitrogens is 3. The molecule has 0 amide bonds. The highest BCUT2D eigenvalue weighted by Crippen LogP contribution is 2.30. The Morgan fingerprint density at radius 1 is 1.52 bits per heavy atom. The van der Waals surface area contributed by atoms with Crippen LogP contribution in [0.4, 0.5) is 4.39 Å². The summed E-state index contributed by atoms with van der Waals surface area (Å²) in [6.07, 6.45) is 5.36. The third-order valence-corrected chi connectivity index (χ3v) is 5.63. The number of nitrogens with zero attached hydrogens (tertiary/aromatic N) is 2. The molecule has 1 saturated heterocycles. The predicted molar refractivity (Wildman–Crippen MR) is 87.1 cm³/mol. The fraction of sp³-hybridized carbons (Fsp3) is 0.438. The highest BCUT2D eigenvalue weighted by atomic mass is 32.1. The monoisotopic (exact) mass is 333 g/mol. The van der Waals surface area contributed by atoms with Crippen LogP contribution in [0.2, 0.25) is 0 Å². The summed E-state index contributed by atoms with van der Waals surface area (Å²) < 4.78 is 15.5. The minimum atomic E-state index is -0.367. The topological polar surface area (TPSA) is 60.5 Å². The van der Waals surface area contributed by atoms with E-state index >= 15 is 0 Å². The number of aromatic amines is 1. The molecular weight excluding hydrogens is 315 g/mol. The van der Waals surface area contributed by atoms with E-state index in [1.807, 2.05) is 6.92 Å². The quantitative estimate of drug-likeness (QED) is 0.871. The SMILES string of the molecule is CC1=C(F)C=C[C@H](C)c2[nH+]c3sc([C@H]4CCCN4)nn3c(=O)c21. The van der Waals surface area contributed by atoms with Gasteiger partial charge < -0.3 is 5.32 Å². The van der Waals surface area contributed by atoms with Gasteiger partial charge in [-0.25, -0.2) is 14.2 Å². The normalized spacial score (nSPS) is 24.3. The fourth-order valence-corrected chi connectivity index (χ4v) is 4.27. The first-order chi connectivity index (χ1) is 11.1. The molecular formula is C16H18FN4OS+. The van der Waals surface area contributed by atoms with E-state index in [0.29, 0.717) is 16.1 Å². The van der Waals surface area contributed by atoms with Gasteiger partial charge in [0.25, 0.3) is 0 Å². The van der Waals surface area contributed by atoms with E-state index in [-0.39, 0.29) is 23.3 Å². The molecule has 0 unspecified atom stereocenters. The summed E-state index contributed by atoms with van der Waals surface area (Å²) in [7, 11) is 0. The van der Waals surface area contributed by atoms with Crippen LogP contribution >= 0.6 is 11.3 Å². The number of hydrogen-bond acceptors (Lipinski definition) is 4. The third-order valence-electron chi connectivity index (χ3n) is 4.59. The van der Waals surface area contributed by atoms with Crippen LogP contribution in [0, 0.1) is 0 Å². The van der Waals surface area contributed by atoms with Crippen LogP contribution in [0.5, 0.6) is 0 Å². The number of halogens is 1. The molecule has 5 nitrogen and oxygen atoms in total. The van der Waals surface area contributed by atoms with Crippen molar-refractivity contribution in [3.8, 4) is 0 Å². The minimum absolute atomic E-state index is 0.0546. The molecule has 2 atom stereocenters. The Morgan fingerprint density at radius 3 is 3.09 bits per heavy atom. The van der Waals surface area contributed by atoms with E-state index < -0.39 is 0 Å². The average molecular weight is 333 g/mol. The van der Waals surface area contributed by atoms with Gasteiger partial charge in [0, 0.05) is 11.5 Å². The zero-order chi connectivity index (χ0) is 16.1. The number of rotatable bonds is 1. The van der Waals surface area contributed by atoms with Crippen molar-refractivity contribution in [2.45, 2.75) is 38.6 Å². The molecule has 23 heavy (non-hydrogen) atoms. The van der Waals surface area contributed by atoms with E-state index in [9.17, 15) is 9.18 Å². The summed E-state index contributed by atoms with van der Waals surface area (Å²) in [5, 5.41) is 8.78. The average Bonchev–Trinajstić information content (AvgIpc) is 3.18. The second-order valence-electron chi connectivity index (χ2n) is 6.15. The third kappa shape index (κ3) is 2.26. The number of allylic oxidation sites excluding steroid dienone is 4. The minimum Gasteiger partial charge on any atom is -0.308 e. The number of hydrogen-bond donors (Lipinski definition) is 1. The van der Waals surface area contributed by atoms with Gasteiger partial charge in [-0.2, -0.15) is 0 Å². The highest BCUT2D eigenvalue weighted by Gasteiger charge is 2.30. The summed E-state index contributed by atoms with van der Waals surface area (Å²) in [5.74, 6) is -0.421. The lowest BCUT2D eigenvalue weighted by Crippen LogP contribution is -2.30. The Hall–Kier alpha value is -1.86. The molecule has 4 rings (SSSR count). The van der Waals surface area contributed by atoms with Crippen molar-refractivity contribution in [2.75, 3.05) is 6.54 Å². The molecule has 2 aromatic heterocycles.